The lowest BCUT2D eigenvalue weighted by molar-refractivity contribution is -0.147. The number of aromatic nitrogens is 4. The maximum absolute atomic E-state index is 13.7. The van der Waals surface area contributed by atoms with Crippen LogP contribution in [0, 0.1) is 12.3 Å². The molecule has 0 unspecified atom stereocenters. The van der Waals surface area contributed by atoms with Gasteiger partial charge in [0, 0.05) is 30.1 Å². The van der Waals surface area contributed by atoms with Crippen LogP contribution in [0.2, 0.25) is 4.34 Å². The lowest BCUT2D eigenvalue weighted by Crippen LogP contribution is -2.36. The first-order valence-corrected chi connectivity index (χ1v) is 16.0. The summed E-state index contributed by atoms with van der Waals surface area (Å²) in [6.07, 6.45) is 1.71. The van der Waals surface area contributed by atoms with Crippen molar-refractivity contribution in [1.82, 2.24) is 24.3 Å². The maximum atomic E-state index is 13.7. The number of ether oxygens (including phenoxy) is 1. The highest BCUT2D eigenvalue weighted by molar-refractivity contribution is 7.89. The molecule has 1 aliphatic heterocycles. The first-order chi connectivity index (χ1) is 19.4. The number of fused-ring (bicyclic) bond motifs is 2. The van der Waals surface area contributed by atoms with Gasteiger partial charge in [-0.3, -0.25) is 4.79 Å². The molecular weight excluding hydrogens is 586 g/mol. The number of carboxylic acid groups (broad SMARTS) is 1. The third kappa shape index (κ3) is 5.11. The molecule has 0 saturated heterocycles. The molecule has 0 amide bonds. The normalized spacial score (nSPS) is 18.0. The summed E-state index contributed by atoms with van der Waals surface area (Å²) in [6.45, 7) is 10.0. The molecule has 0 aliphatic carbocycles. The van der Waals surface area contributed by atoms with Gasteiger partial charge < -0.3 is 9.84 Å². The number of halogens is 1. The van der Waals surface area contributed by atoms with Gasteiger partial charge in [0.2, 0.25) is 15.9 Å². The molecule has 13 heteroatoms. The zero-order valence-corrected chi connectivity index (χ0v) is 25.8. The van der Waals surface area contributed by atoms with Gasteiger partial charge in [-0.1, -0.05) is 29.8 Å². The number of benzene rings is 1. The number of carboxylic acids is 1. The van der Waals surface area contributed by atoms with Crippen LogP contribution in [0.4, 0.5) is 0 Å². The lowest BCUT2D eigenvalue weighted by atomic mass is 9.72. The molecule has 2 atom stereocenters. The molecule has 1 aromatic carbocycles. The van der Waals surface area contributed by atoms with E-state index in [0.29, 0.717) is 28.4 Å². The van der Waals surface area contributed by atoms with E-state index in [1.165, 1.54) is 27.9 Å². The van der Waals surface area contributed by atoms with Gasteiger partial charge in [0.15, 0.2) is 0 Å². The van der Waals surface area contributed by atoms with Crippen molar-refractivity contribution in [3.05, 3.63) is 62.4 Å². The molecule has 41 heavy (non-hydrogen) atoms. The fourth-order valence-corrected chi connectivity index (χ4v) is 8.41. The van der Waals surface area contributed by atoms with E-state index >= 15 is 0 Å². The molecule has 4 aromatic rings. The molecule has 218 valence electrons. The van der Waals surface area contributed by atoms with Crippen molar-refractivity contribution < 1.29 is 23.1 Å². The van der Waals surface area contributed by atoms with E-state index in [9.17, 15) is 18.3 Å². The first-order valence-electron chi connectivity index (χ1n) is 13.4. The first kappa shape index (κ1) is 29.4. The Morgan fingerprint density at radius 2 is 2.05 bits per heavy atom. The summed E-state index contributed by atoms with van der Waals surface area (Å²) in [5, 5.41) is 18.9. The molecule has 0 saturated carbocycles. The van der Waals surface area contributed by atoms with Crippen molar-refractivity contribution in [2.24, 2.45) is 5.41 Å². The fraction of sp³-hybridized carbons (Fsp3) is 0.429. The number of rotatable bonds is 8. The minimum absolute atomic E-state index is 0.00885. The predicted molar refractivity (Wildman–Crippen MR) is 157 cm³/mol. The van der Waals surface area contributed by atoms with Crippen LogP contribution in [0.3, 0.4) is 0 Å². The standard InChI is InChI=1S/C28H32ClN5O5S2/c1-6-18-15-33(41(37,38)22-9-8-12-30-26(22)39-18)14-17-13-21(40-25(17)29)23(28(4,5)27(35)36)19-10-11-20-24(16(19)3)31-32-34(20)7-2/h8-13,18,23H,6-7,14-15H2,1-5H3,(H,35,36)/t18-,23-/m1/s1. The number of pyridine rings is 1. The van der Waals surface area contributed by atoms with Crippen molar-refractivity contribution >= 4 is 50.0 Å². The second kappa shape index (κ2) is 11.0. The van der Waals surface area contributed by atoms with E-state index in [4.69, 9.17) is 16.3 Å². The zero-order valence-electron chi connectivity index (χ0n) is 23.5. The third-order valence-corrected chi connectivity index (χ3v) is 11.1. The average molecular weight is 618 g/mol. The summed E-state index contributed by atoms with van der Waals surface area (Å²) in [5.41, 5.74) is 2.62. The van der Waals surface area contributed by atoms with Crippen LogP contribution in [-0.2, 0) is 27.9 Å². The fourth-order valence-electron chi connectivity index (χ4n) is 5.30. The number of hydrogen-bond donors (Lipinski definition) is 1. The van der Waals surface area contributed by atoms with Crippen molar-refractivity contribution in [2.75, 3.05) is 6.54 Å². The minimum Gasteiger partial charge on any atom is -0.481 e. The topological polar surface area (TPSA) is 128 Å². The van der Waals surface area contributed by atoms with Crippen LogP contribution in [0.1, 0.15) is 61.6 Å². The summed E-state index contributed by atoms with van der Waals surface area (Å²) in [6, 6.07) is 8.74. The number of aliphatic carboxylic acids is 1. The lowest BCUT2D eigenvalue weighted by Gasteiger charge is -2.31. The smallest absolute Gasteiger partial charge is 0.310 e. The zero-order chi connectivity index (χ0) is 29.7. The predicted octanol–water partition coefficient (Wildman–Crippen LogP) is 5.47. The van der Waals surface area contributed by atoms with Crippen LogP contribution in [0.25, 0.3) is 11.0 Å². The number of nitrogens with zero attached hydrogens (tertiary/aromatic N) is 5. The second-order valence-corrected chi connectivity index (χ2v) is 14.3. The van der Waals surface area contributed by atoms with Gasteiger partial charge in [-0.05, 0) is 75.1 Å². The Morgan fingerprint density at radius 1 is 1.29 bits per heavy atom. The quantitative estimate of drug-likeness (QED) is 0.276. The Morgan fingerprint density at radius 3 is 2.73 bits per heavy atom. The van der Waals surface area contributed by atoms with Crippen LogP contribution in [0.5, 0.6) is 5.88 Å². The van der Waals surface area contributed by atoms with E-state index in [1.54, 1.807) is 24.6 Å². The van der Waals surface area contributed by atoms with Crippen LogP contribution >= 0.6 is 22.9 Å². The highest BCUT2D eigenvalue weighted by Gasteiger charge is 2.42. The molecule has 0 fully saturated rings. The molecule has 4 heterocycles. The molecule has 3 aromatic heterocycles. The van der Waals surface area contributed by atoms with Gasteiger partial charge in [0.1, 0.15) is 16.5 Å². The molecule has 10 nitrogen and oxygen atoms in total. The molecule has 1 N–H and O–H groups in total. The van der Waals surface area contributed by atoms with Crippen LogP contribution < -0.4 is 4.74 Å². The Balaban J connectivity index is 1.59. The SMILES string of the molecule is CC[C@@H]1CN(Cc2cc([C@@H](c3ccc4c(nnn4CC)c3C)C(C)(C)C(=O)O)sc2Cl)S(=O)(=O)c2cccnc2O1. The number of hydrogen-bond acceptors (Lipinski definition) is 8. The van der Waals surface area contributed by atoms with Gasteiger partial charge in [-0.25, -0.2) is 18.1 Å². The van der Waals surface area contributed by atoms with Crippen LogP contribution in [0.15, 0.2) is 41.4 Å². The minimum atomic E-state index is -3.93. The largest absolute Gasteiger partial charge is 0.481 e. The molecule has 0 bridgehead atoms. The van der Waals surface area contributed by atoms with Gasteiger partial charge in [-0.15, -0.1) is 16.4 Å². The Bertz CT molecular complexity index is 1730. The molecule has 5 rings (SSSR count). The second-order valence-electron chi connectivity index (χ2n) is 10.7. The van der Waals surface area contributed by atoms with Crippen molar-refractivity contribution in [1.29, 1.82) is 0 Å². The van der Waals surface area contributed by atoms with Crippen molar-refractivity contribution in [3.63, 3.8) is 0 Å². The van der Waals surface area contributed by atoms with E-state index in [2.05, 4.69) is 15.3 Å². The number of carbonyl (C=O) groups is 1. The van der Waals surface area contributed by atoms with Crippen LogP contribution in [-0.4, -0.2) is 56.4 Å². The number of thiophene rings is 1. The number of aryl methyl sites for hydroxylation is 2. The van der Waals surface area contributed by atoms with E-state index < -0.39 is 27.3 Å². The molecule has 0 radical (unpaired) electrons. The van der Waals surface area contributed by atoms with E-state index in [-0.39, 0.29) is 30.0 Å². The summed E-state index contributed by atoms with van der Waals surface area (Å²) < 4.78 is 36.9. The highest BCUT2D eigenvalue weighted by Crippen LogP contribution is 2.48. The van der Waals surface area contributed by atoms with Gasteiger partial charge in [0.05, 0.1) is 21.8 Å². The summed E-state index contributed by atoms with van der Waals surface area (Å²) in [5.74, 6) is -1.45. The monoisotopic (exact) mass is 617 g/mol. The molecular formula is C28H32ClN5O5S2. The van der Waals surface area contributed by atoms with Crippen molar-refractivity contribution in [2.45, 2.75) is 71.0 Å². The summed E-state index contributed by atoms with van der Waals surface area (Å²) in [4.78, 5) is 17.5. The highest BCUT2D eigenvalue weighted by atomic mass is 35.5. The third-order valence-electron chi connectivity index (χ3n) is 7.77. The van der Waals surface area contributed by atoms with E-state index in [1.807, 2.05) is 39.0 Å². The summed E-state index contributed by atoms with van der Waals surface area (Å²) >= 11 is 8.03. The number of sulfonamides is 1. The Hall–Kier alpha value is -3.06. The molecule has 1 aliphatic rings. The van der Waals surface area contributed by atoms with E-state index in [0.717, 1.165) is 21.5 Å². The maximum Gasteiger partial charge on any atom is 0.310 e. The van der Waals surface area contributed by atoms with Crippen molar-refractivity contribution in [3.8, 4) is 5.88 Å². The Kier molecular flexibility index (Phi) is 7.88. The van der Waals surface area contributed by atoms with Gasteiger partial charge in [-0.2, -0.15) is 4.31 Å². The Labute approximate surface area is 248 Å². The van der Waals surface area contributed by atoms with Gasteiger partial charge >= 0.3 is 5.97 Å². The van der Waals surface area contributed by atoms with Gasteiger partial charge in [0.25, 0.3) is 0 Å². The molecule has 0 spiro atoms. The average Bonchev–Trinajstić information content (AvgIpc) is 3.49. The summed E-state index contributed by atoms with van der Waals surface area (Å²) in [7, 11) is -3.93.